The second kappa shape index (κ2) is 23.4. The van der Waals surface area contributed by atoms with Gasteiger partial charge < -0.3 is 10.6 Å². The van der Waals surface area contributed by atoms with Crippen LogP contribution in [0.3, 0.4) is 0 Å². The van der Waals surface area contributed by atoms with Crippen LogP contribution in [0.15, 0.2) is 85.3 Å². The number of amides is 2. The van der Waals surface area contributed by atoms with Gasteiger partial charge in [0.15, 0.2) is 0 Å². The van der Waals surface area contributed by atoms with Gasteiger partial charge >= 0.3 is 0 Å². The zero-order valence-electron chi connectivity index (χ0n) is 23.9. The zero-order valence-corrected chi connectivity index (χ0v) is 25.6. The number of nitrogens with one attached hydrogen (secondary N) is 2. The van der Waals surface area contributed by atoms with Crippen molar-refractivity contribution in [3.05, 3.63) is 90.9 Å². The third-order valence-electron chi connectivity index (χ3n) is 5.32. The van der Waals surface area contributed by atoms with Crippen LogP contribution < -0.4 is 10.6 Å². The fourth-order valence-corrected chi connectivity index (χ4v) is 5.54. The topological polar surface area (TPSA) is 71.1 Å². The molecule has 1 aromatic rings. The second-order valence-electron chi connectivity index (χ2n) is 9.54. The van der Waals surface area contributed by atoms with Crippen LogP contribution in [0.2, 0.25) is 0 Å². The van der Waals surface area contributed by atoms with E-state index >= 15 is 0 Å². The standard InChI is InChI=1S/C32H47N3O2S2/c1-4-5-6-7-8-9-10-11-12-13-14-15-16-17-18-19-20-23-30(36)35-28-32(2,3)39-38-26-25-34-31(37)29-22-21-24-33-27-29/h5-6,8-9,11-12,14-15,17-18,21-22,24,27H,4,7,10,13,16,19-20,23,25-26,28H2,1-3H3,(H,34,37)(H,35,36)/b6-5-,9-8-,12-11-,15-14-,18-17-. The Balaban J connectivity index is 2.01. The molecule has 2 N–H and O–H groups in total. The van der Waals surface area contributed by atoms with Gasteiger partial charge in [-0.15, -0.1) is 0 Å². The average Bonchev–Trinajstić information content (AvgIpc) is 2.93. The summed E-state index contributed by atoms with van der Waals surface area (Å²) in [6.45, 7) is 7.60. The molecular formula is C32H47N3O2S2. The Hall–Kier alpha value is -2.51. The lowest BCUT2D eigenvalue weighted by molar-refractivity contribution is -0.121. The van der Waals surface area contributed by atoms with Crippen molar-refractivity contribution in [2.75, 3.05) is 18.8 Å². The van der Waals surface area contributed by atoms with Gasteiger partial charge in [-0.25, -0.2) is 0 Å². The predicted molar refractivity (Wildman–Crippen MR) is 172 cm³/mol. The second-order valence-corrected chi connectivity index (χ2v) is 12.7. The lowest BCUT2D eigenvalue weighted by atomic mass is 10.2. The molecule has 0 atom stereocenters. The van der Waals surface area contributed by atoms with Crippen LogP contribution in [0.5, 0.6) is 0 Å². The number of carbonyl (C=O) groups excluding carboxylic acids is 2. The van der Waals surface area contributed by atoms with Crippen LogP contribution in [-0.4, -0.2) is 40.4 Å². The van der Waals surface area contributed by atoms with E-state index in [1.54, 1.807) is 46.1 Å². The predicted octanol–water partition coefficient (Wildman–Crippen LogP) is 8.01. The molecule has 0 aliphatic carbocycles. The van der Waals surface area contributed by atoms with Crippen LogP contribution >= 0.6 is 21.6 Å². The summed E-state index contributed by atoms with van der Waals surface area (Å²) < 4.78 is -0.0857. The number of carbonyl (C=O) groups is 2. The number of rotatable bonds is 21. The summed E-state index contributed by atoms with van der Waals surface area (Å²) in [5, 5.41) is 5.96. The molecule has 2 amide bonds. The quantitative estimate of drug-likeness (QED) is 0.0891. The number of allylic oxidation sites excluding steroid dienone is 10. The minimum atomic E-state index is -0.107. The van der Waals surface area contributed by atoms with Crippen molar-refractivity contribution < 1.29 is 9.59 Å². The van der Waals surface area contributed by atoms with Crippen LogP contribution in [0.25, 0.3) is 0 Å². The van der Waals surface area contributed by atoms with Crippen LogP contribution in [0, 0.1) is 0 Å². The Labute approximate surface area is 244 Å². The molecule has 0 spiro atoms. The van der Waals surface area contributed by atoms with E-state index in [1.807, 2.05) is 0 Å². The molecule has 1 rings (SSSR count). The Morgan fingerprint density at radius 1 is 0.897 bits per heavy atom. The number of nitrogens with zero attached hydrogens (tertiary/aromatic N) is 1. The molecule has 0 unspecified atom stereocenters. The maximum Gasteiger partial charge on any atom is 0.252 e. The normalized spacial score (nSPS) is 12.5. The Bertz CT molecular complexity index is 938. The van der Waals surface area contributed by atoms with Gasteiger partial charge in [0.05, 0.1) is 5.56 Å². The van der Waals surface area contributed by atoms with Crippen molar-refractivity contribution in [3.8, 4) is 0 Å². The minimum Gasteiger partial charge on any atom is -0.355 e. The molecule has 0 aromatic carbocycles. The molecular weight excluding hydrogens is 523 g/mol. The Morgan fingerprint density at radius 2 is 1.51 bits per heavy atom. The molecule has 214 valence electrons. The molecule has 7 heteroatoms. The Morgan fingerprint density at radius 3 is 2.10 bits per heavy atom. The van der Waals surface area contributed by atoms with E-state index in [1.165, 1.54) is 0 Å². The van der Waals surface area contributed by atoms with Crippen molar-refractivity contribution >= 4 is 33.4 Å². The monoisotopic (exact) mass is 569 g/mol. The van der Waals surface area contributed by atoms with Crippen molar-refractivity contribution in [1.29, 1.82) is 0 Å². The van der Waals surface area contributed by atoms with Gasteiger partial charge in [-0.2, -0.15) is 0 Å². The van der Waals surface area contributed by atoms with Gasteiger partial charge in [-0.1, -0.05) is 89.3 Å². The summed E-state index contributed by atoms with van der Waals surface area (Å²) in [4.78, 5) is 28.2. The first kappa shape index (κ1) is 34.5. The summed E-state index contributed by atoms with van der Waals surface area (Å²) in [6.07, 6.45) is 32.5. The van der Waals surface area contributed by atoms with E-state index in [4.69, 9.17) is 0 Å². The highest BCUT2D eigenvalue weighted by molar-refractivity contribution is 8.77. The summed E-state index contributed by atoms with van der Waals surface area (Å²) in [6, 6.07) is 3.50. The minimum absolute atomic E-state index is 0.0857. The number of hydrogen-bond acceptors (Lipinski definition) is 5. The van der Waals surface area contributed by atoms with E-state index in [2.05, 4.69) is 97.1 Å². The number of unbranched alkanes of at least 4 members (excludes halogenated alkanes) is 1. The summed E-state index contributed by atoms with van der Waals surface area (Å²) >= 11 is 0. The summed E-state index contributed by atoms with van der Waals surface area (Å²) in [5.41, 5.74) is 0.569. The van der Waals surface area contributed by atoms with Crippen LogP contribution in [0.4, 0.5) is 0 Å². The fraction of sp³-hybridized carbons (Fsp3) is 0.469. The van der Waals surface area contributed by atoms with Crippen molar-refractivity contribution in [2.45, 2.75) is 76.9 Å². The maximum absolute atomic E-state index is 12.2. The van der Waals surface area contributed by atoms with Crippen LogP contribution in [-0.2, 0) is 4.79 Å². The molecule has 0 saturated carbocycles. The summed E-state index contributed by atoms with van der Waals surface area (Å²) in [5.74, 6) is 0.788. The SMILES string of the molecule is CC/C=C\C/C=C\C/C=C\C/C=C\C/C=C\CCCC(=O)NCC(C)(C)SSCCNC(=O)c1cccnc1. The molecule has 0 fully saturated rings. The van der Waals surface area contributed by atoms with Crippen LogP contribution in [0.1, 0.15) is 82.5 Å². The van der Waals surface area contributed by atoms with E-state index in [-0.39, 0.29) is 16.6 Å². The number of pyridine rings is 1. The molecule has 5 nitrogen and oxygen atoms in total. The molecule has 1 heterocycles. The van der Waals surface area contributed by atoms with Crippen molar-refractivity contribution in [3.63, 3.8) is 0 Å². The van der Waals surface area contributed by atoms with Gasteiger partial charge in [0.1, 0.15) is 0 Å². The van der Waals surface area contributed by atoms with E-state index < -0.39 is 0 Å². The fourth-order valence-electron chi connectivity index (χ4n) is 3.18. The molecule has 0 aliphatic heterocycles. The molecule has 0 bridgehead atoms. The highest BCUT2D eigenvalue weighted by Crippen LogP contribution is 2.34. The smallest absolute Gasteiger partial charge is 0.252 e. The first-order valence-electron chi connectivity index (χ1n) is 13.9. The summed E-state index contributed by atoms with van der Waals surface area (Å²) in [7, 11) is 3.43. The average molecular weight is 570 g/mol. The third kappa shape index (κ3) is 21.0. The van der Waals surface area contributed by atoms with Crippen molar-refractivity contribution in [1.82, 2.24) is 15.6 Å². The maximum atomic E-state index is 12.2. The van der Waals surface area contributed by atoms with Crippen molar-refractivity contribution in [2.24, 2.45) is 0 Å². The molecule has 0 saturated heterocycles. The number of hydrogen-bond donors (Lipinski definition) is 2. The van der Waals surface area contributed by atoms with Gasteiger partial charge in [0, 0.05) is 42.4 Å². The first-order chi connectivity index (χ1) is 18.9. The van der Waals surface area contributed by atoms with Gasteiger partial charge in [-0.3, -0.25) is 14.6 Å². The highest BCUT2D eigenvalue weighted by atomic mass is 33.1. The third-order valence-corrected chi connectivity index (χ3v) is 8.61. The van der Waals surface area contributed by atoms with E-state index in [0.29, 0.717) is 25.1 Å². The molecule has 0 aliphatic rings. The van der Waals surface area contributed by atoms with E-state index in [9.17, 15) is 9.59 Å². The van der Waals surface area contributed by atoms with Gasteiger partial charge in [0.25, 0.3) is 5.91 Å². The molecule has 1 aromatic heterocycles. The van der Waals surface area contributed by atoms with Gasteiger partial charge in [-0.05, 0) is 70.9 Å². The molecule has 39 heavy (non-hydrogen) atoms. The van der Waals surface area contributed by atoms with Gasteiger partial charge in [0.2, 0.25) is 5.91 Å². The first-order valence-corrected chi connectivity index (χ1v) is 16.3. The number of aromatic nitrogens is 1. The highest BCUT2D eigenvalue weighted by Gasteiger charge is 2.20. The molecule has 0 radical (unpaired) electrons. The lowest BCUT2D eigenvalue weighted by Gasteiger charge is -2.23. The van der Waals surface area contributed by atoms with E-state index in [0.717, 1.165) is 50.7 Å². The zero-order chi connectivity index (χ0) is 28.4. The lowest BCUT2D eigenvalue weighted by Crippen LogP contribution is -2.35. The Kier molecular flexibility index (Phi) is 20.7. The largest absolute Gasteiger partial charge is 0.355 e.